The standard InChI is InChI=1S/C19H16O3/c1-22-17-8-4-7-14-16(21)10-11-9-15(20)12-5-2-3-6-13(12)18(11)19(14)17/h2-8,11,18H,9-10H2,1H3. The van der Waals surface area contributed by atoms with E-state index in [0.29, 0.717) is 12.8 Å². The van der Waals surface area contributed by atoms with Gasteiger partial charge in [-0.3, -0.25) is 9.59 Å². The van der Waals surface area contributed by atoms with Crippen molar-refractivity contribution < 1.29 is 14.3 Å². The maximum Gasteiger partial charge on any atom is 0.163 e. The molecule has 0 N–H and O–H groups in total. The summed E-state index contributed by atoms with van der Waals surface area (Å²) in [5.74, 6) is 1.10. The molecule has 2 aliphatic carbocycles. The Hall–Kier alpha value is -2.42. The third-order valence-electron chi connectivity index (χ3n) is 4.86. The maximum absolute atomic E-state index is 12.5. The number of hydrogen-bond acceptors (Lipinski definition) is 3. The van der Waals surface area contributed by atoms with Crippen molar-refractivity contribution in [3.63, 3.8) is 0 Å². The Morgan fingerprint density at radius 3 is 2.36 bits per heavy atom. The minimum atomic E-state index is 0.0405. The van der Waals surface area contributed by atoms with E-state index in [2.05, 4.69) is 0 Å². The lowest BCUT2D eigenvalue weighted by atomic mass is 9.65. The predicted molar refractivity (Wildman–Crippen MR) is 82.7 cm³/mol. The summed E-state index contributed by atoms with van der Waals surface area (Å²) in [7, 11) is 1.63. The summed E-state index contributed by atoms with van der Waals surface area (Å²) in [5.41, 5.74) is 3.51. The molecule has 22 heavy (non-hydrogen) atoms. The molecule has 2 atom stereocenters. The Labute approximate surface area is 128 Å². The molecule has 3 heteroatoms. The van der Waals surface area contributed by atoms with E-state index >= 15 is 0 Å². The molecule has 2 aromatic carbocycles. The number of rotatable bonds is 1. The van der Waals surface area contributed by atoms with E-state index in [4.69, 9.17) is 4.74 Å². The second kappa shape index (κ2) is 4.80. The van der Waals surface area contributed by atoms with Gasteiger partial charge in [-0.1, -0.05) is 36.4 Å². The van der Waals surface area contributed by atoms with Crippen molar-refractivity contribution in [2.24, 2.45) is 5.92 Å². The van der Waals surface area contributed by atoms with Gasteiger partial charge >= 0.3 is 0 Å². The first-order valence-electron chi connectivity index (χ1n) is 7.53. The second-order valence-electron chi connectivity index (χ2n) is 6.00. The molecular formula is C19H16O3. The van der Waals surface area contributed by atoms with Crippen LogP contribution in [0.25, 0.3) is 0 Å². The predicted octanol–water partition coefficient (Wildman–Crippen LogP) is 3.62. The second-order valence-corrected chi connectivity index (χ2v) is 6.00. The highest BCUT2D eigenvalue weighted by molar-refractivity contribution is 6.04. The molecule has 0 aromatic heterocycles. The van der Waals surface area contributed by atoms with E-state index in [1.165, 1.54) is 0 Å². The topological polar surface area (TPSA) is 43.4 Å². The Morgan fingerprint density at radius 2 is 1.59 bits per heavy atom. The first kappa shape index (κ1) is 13.3. The van der Waals surface area contributed by atoms with Crippen molar-refractivity contribution in [3.05, 3.63) is 64.7 Å². The molecule has 0 fully saturated rings. The normalized spacial score (nSPS) is 22.6. The van der Waals surface area contributed by atoms with Gasteiger partial charge in [0.05, 0.1) is 7.11 Å². The van der Waals surface area contributed by atoms with Gasteiger partial charge < -0.3 is 4.74 Å². The summed E-state index contributed by atoms with van der Waals surface area (Å²) in [6.07, 6.45) is 0.871. The van der Waals surface area contributed by atoms with Crippen LogP contribution in [0.4, 0.5) is 0 Å². The molecule has 0 radical (unpaired) electrons. The molecule has 0 bridgehead atoms. The molecular weight excluding hydrogens is 276 g/mol. The quantitative estimate of drug-likeness (QED) is 0.806. The summed E-state index contributed by atoms with van der Waals surface area (Å²) in [4.78, 5) is 24.8. The summed E-state index contributed by atoms with van der Waals surface area (Å²) >= 11 is 0. The van der Waals surface area contributed by atoms with E-state index in [9.17, 15) is 9.59 Å². The van der Waals surface area contributed by atoms with Crippen LogP contribution >= 0.6 is 0 Å². The summed E-state index contributed by atoms with van der Waals surface area (Å²) in [6, 6.07) is 13.4. The van der Waals surface area contributed by atoms with E-state index in [1.54, 1.807) is 7.11 Å². The zero-order valence-corrected chi connectivity index (χ0v) is 12.3. The molecule has 4 rings (SSSR count). The van der Waals surface area contributed by atoms with Crippen LogP contribution in [-0.4, -0.2) is 18.7 Å². The van der Waals surface area contributed by atoms with Gasteiger partial charge in [-0.2, -0.15) is 0 Å². The highest BCUT2D eigenvalue weighted by Gasteiger charge is 2.42. The molecule has 2 unspecified atom stereocenters. The zero-order valence-electron chi connectivity index (χ0n) is 12.3. The van der Waals surface area contributed by atoms with E-state index in [1.807, 2.05) is 42.5 Å². The Balaban J connectivity index is 2.01. The number of hydrogen-bond donors (Lipinski definition) is 0. The number of carbonyl (C=O) groups is 2. The van der Waals surface area contributed by atoms with E-state index < -0.39 is 0 Å². The van der Waals surface area contributed by atoms with Gasteiger partial charge in [0.2, 0.25) is 0 Å². The summed E-state index contributed by atoms with van der Waals surface area (Å²) < 4.78 is 5.51. The zero-order chi connectivity index (χ0) is 15.3. The molecule has 0 aliphatic heterocycles. The number of methoxy groups -OCH3 is 1. The first-order chi connectivity index (χ1) is 10.7. The lowest BCUT2D eigenvalue weighted by molar-refractivity contribution is 0.0883. The molecule has 0 saturated heterocycles. The molecule has 110 valence electrons. The van der Waals surface area contributed by atoms with Crippen molar-refractivity contribution in [3.8, 4) is 5.75 Å². The van der Waals surface area contributed by atoms with Gasteiger partial charge in [-0.05, 0) is 17.5 Å². The van der Waals surface area contributed by atoms with Crippen LogP contribution in [0, 0.1) is 5.92 Å². The number of fused-ring (bicyclic) bond motifs is 5. The number of ether oxygens (including phenoxy) is 1. The van der Waals surface area contributed by atoms with Crippen molar-refractivity contribution >= 4 is 11.6 Å². The van der Waals surface area contributed by atoms with Gasteiger partial charge in [-0.15, -0.1) is 0 Å². The minimum absolute atomic E-state index is 0.0405. The van der Waals surface area contributed by atoms with Gasteiger partial charge in [0.25, 0.3) is 0 Å². The molecule has 2 aliphatic rings. The fraction of sp³-hybridized carbons (Fsp3) is 0.263. The summed E-state index contributed by atoms with van der Waals surface area (Å²) in [6.45, 7) is 0. The van der Waals surface area contributed by atoms with Crippen LogP contribution in [0.3, 0.4) is 0 Å². The smallest absolute Gasteiger partial charge is 0.163 e. The highest BCUT2D eigenvalue weighted by Crippen LogP contribution is 2.49. The first-order valence-corrected chi connectivity index (χ1v) is 7.53. The van der Waals surface area contributed by atoms with Crippen molar-refractivity contribution in [1.29, 1.82) is 0 Å². The average molecular weight is 292 g/mol. The average Bonchev–Trinajstić information content (AvgIpc) is 2.54. The molecule has 0 spiro atoms. The van der Waals surface area contributed by atoms with Gasteiger partial charge in [0, 0.05) is 35.4 Å². The van der Waals surface area contributed by atoms with Gasteiger partial charge in [0.1, 0.15) is 5.75 Å². The number of ketones is 2. The van der Waals surface area contributed by atoms with E-state index in [0.717, 1.165) is 28.0 Å². The van der Waals surface area contributed by atoms with Crippen molar-refractivity contribution in [2.45, 2.75) is 18.8 Å². The lowest BCUT2D eigenvalue weighted by Crippen LogP contribution is -2.32. The molecule has 2 aromatic rings. The third kappa shape index (κ3) is 1.75. The fourth-order valence-corrected chi connectivity index (χ4v) is 3.96. The lowest BCUT2D eigenvalue weighted by Gasteiger charge is -2.37. The molecule has 0 saturated carbocycles. The molecule has 3 nitrogen and oxygen atoms in total. The van der Waals surface area contributed by atoms with Crippen LogP contribution in [0.15, 0.2) is 42.5 Å². The van der Waals surface area contributed by atoms with Crippen molar-refractivity contribution in [1.82, 2.24) is 0 Å². The molecule has 0 amide bonds. The Kier molecular flexibility index (Phi) is 2.89. The largest absolute Gasteiger partial charge is 0.496 e. The highest BCUT2D eigenvalue weighted by atomic mass is 16.5. The van der Waals surface area contributed by atoms with E-state index in [-0.39, 0.29) is 23.4 Å². The van der Waals surface area contributed by atoms with Crippen LogP contribution in [0.5, 0.6) is 5.75 Å². The molecule has 0 heterocycles. The SMILES string of the molecule is COc1cccc2c1C1c3ccccc3C(=O)CC1CC2=O. The Morgan fingerprint density at radius 1 is 0.909 bits per heavy atom. The number of Topliss-reactive ketones (excluding diaryl/α,β-unsaturated/α-hetero) is 2. The van der Waals surface area contributed by atoms with Crippen LogP contribution in [0.1, 0.15) is 50.6 Å². The van der Waals surface area contributed by atoms with Crippen LogP contribution in [0.2, 0.25) is 0 Å². The van der Waals surface area contributed by atoms with Gasteiger partial charge in [0.15, 0.2) is 11.6 Å². The maximum atomic E-state index is 12.5. The number of carbonyl (C=O) groups excluding carboxylic acids is 2. The Bertz CT molecular complexity index is 791. The monoisotopic (exact) mass is 292 g/mol. The van der Waals surface area contributed by atoms with Crippen LogP contribution < -0.4 is 4.74 Å². The number of benzene rings is 2. The van der Waals surface area contributed by atoms with Gasteiger partial charge in [-0.25, -0.2) is 0 Å². The summed E-state index contributed by atoms with van der Waals surface area (Å²) in [5, 5.41) is 0. The minimum Gasteiger partial charge on any atom is -0.496 e. The fourth-order valence-electron chi connectivity index (χ4n) is 3.96. The van der Waals surface area contributed by atoms with Crippen LogP contribution in [-0.2, 0) is 0 Å². The van der Waals surface area contributed by atoms with Crippen molar-refractivity contribution in [2.75, 3.05) is 7.11 Å². The third-order valence-corrected chi connectivity index (χ3v) is 4.86.